The van der Waals surface area contributed by atoms with Crippen molar-refractivity contribution in [2.75, 3.05) is 22.9 Å². The van der Waals surface area contributed by atoms with Crippen LogP contribution in [0.1, 0.15) is 36.7 Å². The second-order valence-electron chi connectivity index (χ2n) is 7.81. The molecule has 2 aromatic carbocycles. The van der Waals surface area contributed by atoms with Crippen LogP contribution < -0.4 is 9.62 Å². The monoisotopic (exact) mass is 488 g/mol. The molecule has 0 saturated carbocycles. The lowest BCUT2D eigenvalue weighted by molar-refractivity contribution is 0.0956. The summed E-state index contributed by atoms with van der Waals surface area (Å²) in [5.74, 6) is 0.677. The first kappa shape index (κ1) is 24.9. The van der Waals surface area contributed by atoms with Gasteiger partial charge in [-0.1, -0.05) is 56.1 Å². The van der Waals surface area contributed by atoms with E-state index >= 15 is 0 Å². The molecule has 0 bridgehead atoms. The summed E-state index contributed by atoms with van der Waals surface area (Å²) in [5.41, 5.74) is 1.64. The minimum Gasteiger partial charge on any atom is -0.351 e. The molecule has 0 saturated heterocycles. The highest BCUT2D eigenvalue weighted by molar-refractivity contribution is 8.00. The Morgan fingerprint density at radius 2 is 1.63 bits per heavy atom. The minimum absolute atomic E-state index is 0.0969. The molecule has 1 amide bonds. The molecule has 0 heterocycles. The molecule has 164 valence electrons. The molecular weight excluding hydrogens is 463 g/mol. The highest BCUT2D eigenvalue weighted by atomic mass is 35.5. The molecule has 2 rings (SSSR count). The number of rotatable bonds is 8. The van der Waals surface area contributed by atoms with Crippen molar-refractivity contribution in [1.82, 2.24) is 5.32 Å². The van der Waals surface area contributed by atoms with Crippen LogP contribution in [0.4, 0.5) is 5.69 Å². The molecule has 0 spiro atoms. The molecule has 0 aliphatic carbocycles. The lowest BCUT2D eigenvalue weighted by Gasteiger charge is -2.23. The van der Waals surface area contributed by atoms with E-state index in [2.05, 4.69) is 26.1 Å². The van der Waals surface area contributed by atoms with Gasteiger partial charge in [-0.3, -0.25) is 9.10 Å². The van der Waals surface area contributed by atoms with E-state index in [1.807, 2.05) is 0 Å². The quantitative estimate of drug-likeness (QED) is 0.517. The molecular formula is C21H26Cl2N2O3S2. The van der Waals surface area contributed by atoms with Crippen molar-refractivity contribution in [2.45, 2.75) is 32.1 Å². The second-order valence-corrected chi connectivity index (χ2v) is 12.5. The van der Waals surface area contributed by atoms with E-state index in [9.17, 15) is 13.2 Å². The third kappa shape index (κ3) is 8.02. The zero-order valence-electron chi connectivity index (χ0n) is 17.4. The number of anilines is 1. The average molecular weight is 489 g/mol. The van der Waals surface area contributed by atoms with Crippen LogP contribution in [0.3, 0.4) is 0 Å². The number of hydrogen-bond acceptors (Lipinski definition) is 4. The number of nitrogens with zero attached hydrogens (tertiary/aromatic N) is 1. The third-order valence-corrected chi connectivity index (χ3v) is 6.85. The van der Waals surface area contributed by atoms with Gasteiger partial charge >= 0.3 is 0 Å². The Morgan fingerprint density at radius 1 is 1.07 bits per heavy atom. The molecule has 0 radical (unpaired) electrons. The number of carbonyl (C=O) groups excluding carboxylic acids is 1. The van der Waals surface area contributed by atoms with Crippen molar-refractivity contribution in [1.29, 1.82) is 0 Å². The maximum Gasteiger partial charge on any atom is 0.251 e. The number of thioether (sulfide) groups is 1. The van der Waals surface area contributed by atoms with Crippen molar-refractivity contribution in [2.24, 2.45) is 0 Å². The molecule has 0 fully saturated rings. The van der Waals surface area contributed by atoms with Gasteiger partial charge in [0.2, 0.25) is 10.0 Å². The Morgan fingerprint density at radius 3 is 2.13 bits per heavy atom. The molecule has 1 N–H and O–H groups in total. The maximum absolute atomic E-state index is 12.3. The van der Waals surface area contributed by atoms with Crippen molar-refractivity contribution in [3.8, 4) is 0 Å². The normalized spacial score (nSPS) is 11.9. The molecule has 0 aliphatic rings. The summed E-state index contributed by atoms with van der Waals surface area (Å²) in [5, 5.41) is 3.60. The van der Waals surface area contributed by atoms with E-state index in [0.29, 0.717) is 27.8 Å². The number of amides is 1. The number of carbonyl (C=O) groups is 1. The Bertz CT molecular complexity index is 968. The predicted octanol–water partition coefficient (Wildman–Crippen LogP) is 5.22. The SMILES string of the molecule is CC(C)(C)SCCNC(=O)c1ccc(CN(c2cc(Cl)cc(Cl)c2)S(C)(=O)=O)cc1. The fraction of sp³-hybridized carbons (Fsp3) is 0.381. The summed E-state index contributed by atoms with van der Waals surface area (Å²) in [4.78, 5) is 12.3. The van der Waals surface area contributed by atoms with Crippen LogP contribution >= 0.6 is 35.0 Å². The van der Waals surface area contributed by atoms with Crippen molar-refractivity contribution < 1.29 is 13.2 Å². The summed E-state index contributed by atoms with van der Waals surface area (Å²) in [7, 11) is -3.57. The minimum atomic E-state index is -3.57. The zero-order valence-corrected chi connectivity index (χ0v) is 20.6. The number of halogens is 2. The molecule has 9 heteroatoms. The molecule has 0 aromatic heterocycles. The van der Waals surface area contributed by atoms with E-state index < -0.39 is 10.0 Å². The van der Waals surface area contributed by atoms with Gasteiger partial charge in [-0.15, -0.1) is 0 Å². The summed E-state index contributed by atoms with van der Waals surface area (Å²) < 4.78 is 26.0. The van der Waals surface area contributed by atoms with Gasteiger partial charge in [-0.25, -0.2) is 8.42 Å². The smallest absolute Gasteiger partial charge is 0.251 e. The van der Waals surface area contributed by atoms with Crippen LogP contribution in [-0.4, -0.2) is 37.6 Å². The van der Waals surface area contributed by atoms with Crippen LogP contribution in [0.25, 0.3) is 0 Å². The average Bonchev–Trinajstić information content (AvgIpc) is 2.61. The van der Waals surface area contributed by atoms with Gasteiger partial charge in [-0.2, -0.15) is 11.8 Å². The Balaban J connectivity index is 2.08. The zero-order chi connectivity index (χ0) is 22.5. The number of hydrogen-bond donors (Lipinski definition) is 1. The fourth-order valence-corrected chi connectivity index (χ4v) is 4.84. The van der Waals surface area contributed by atoms with Crippen LogP contribution in [-0.2, 0) is 16.6 Å². The van der Waals surface area contributed by atoms with E-state index in [1.165, 1.54) is 4.31 Å². The summed E-state index contributed by atoms with van der Waals surface area (Å²) >= 11 is 13.8. The third-order valence-electron chi connectivity index (χ3n) is 4.00. The highest BCUT2D eigenvalue weighted by Gasteiger charge is 2.19. The Kier molecular flexibility index (Phi) is 8.51. The molecule has 0 unspecified atom stereocenters. The van der Waals surface area contributed by atoms with Crippen LogP contribution in [0.2, 0.25) is 10.0 Å². The topological polar surface area (TPSA) is 66.5 Å². The lowest BCUT2D eigenvalue weighted by atomic mass is 10.1. The van der Waals surface area contributed by atoms with Crippen molar-refractivity contribution >= 4 is 56.6 Å². The molecule has 30 heavy (non-hydrogen) atoms. The largest absolute Gasteiger partial charge is 0.351 e. The van der Waals surface area contributed by atoms with Crippen molar-refractivity contribution in [3.05, 3.63) is 63.6 Å². The summed E-state index contributed by atoms with van der Waals surface area (Å²) in [6.07, 6.45) is 1.12. The summed E-state index contributed by atoms with van der Waals surface area (Å²) in [6, 6.07) is 11.5. The van der Waals surface area contributed by atoms with Gasteiger partial charge in [0.1, 0.15) is 0 Å². The number of sulfonamides is 1. The van der Waals surface area contributed by atoms with Gasteiger partial charge in [0.15, 0.2) is 0 Å². The van der Waals surface area contributed by atoms with Crippen LogP contribution in [0.5, 0.6) is 0 Å². The summed E-state index contributed by atoms with van der Waals surface area (Å²) in [6.45, 7) is 7.08. The number of benzene rings is 2. The van der Waals surface area contributed by atoms with Gasteiger partial charge in [0.25, 0.3) is 5.91 Å². The Hall–Kier alpha value is -1.41. The fourth-order valence-electron chi connectivity index (χ4n) is 2.63. The predicted molar refractivity (Wildman–Crippen MR) is 128 cm³/mol. The molecule has 0 atom stereocenters. The first-order valence-corrected chi connectivity index (χ1v) is 12.9. The van der Waals surface area contributed by atoms with Gasteiger partial charge in [0, 0.05) is 32.7 Å². The first-order valence-electron chi connectivity index (χ1n) is 9.30. The second kappa shape index (κ2) is 10.3. The van der Waals surface area contributed by atoms with Gasteiger partial charge in [-0.05, 0) is 35.9 Å². The van der Waals surface area contributed by atoms with Crippen LogP contribution in [0, 0.1) is 0 Å². The van der Waals surface area contributed by atoms with E-state index in [0.717, 1.165) is 17.6 Å². The molecule has 5 nitrogen and oxygen atoms in total. The standard InChI is InChI=1S/C21H26Cl2N2O3S2/c1-21(2,3)29-10-9-24-20(26)16-7-5-15(6-8-16)14-25(30(4,27)28)19-12-17(22)11-18(23)13-19/h5-8,11-13H,9-10,14H2,1-4H3,(H,24,26). The van der Waals surface area contributed by atoms with E-state index in [-0.39, 0.29) is 17.2 Å². The van der Waals surface area contributed by atoms with Gasteiger partial charge < -0.3 is 5.32 Å². The van der Waals surface area contributed by atoms with Gasteiger partial charge in [0.05, 0.1) is 18.5 Å². The highest BCUT2D eigenvalue weighted by Crippen LogP contribution is 2.28. The molecule has 0 aliphatic heterocycles. The Labute approximate surface area is 193 Å². The molecule has 2 aromatic rings. The van der Waals surface area contributed by atoms with Crippen LogP contribution in [0.15, 0.2) is 42.5 Å². The maximum atomic E-state index is 12.3. The lowest BCUT2D eigenvalue weighted by Crippen LogP contribution is -2.29. The van der Waals surface area contributed by atoms with E-state index in [4.69, 9.17) is 23.2 Å². The first-order chi connectivity index (χ1) is 13.8. The van der Waals surface area contributed by atoms with Crippen molar-refractivity contribution in [3.63, 3.8) is 0 Å². The van der Waals surface area contributed by atoms with E-state index in [1.54, 1.807) is 54.2 Å². The number of nitrogens with one attached hydrogen (secondary N) is 1.